The van der Waals surface area contributed by atoms with Crippen molar-refractivity contribution in [2.75, 3.05) is 19.6 Å². The van der Waals surface area contributed by atoms with E-state index in [-0.39, 0.29) is 5.54 Å². The largest absolute Gasteiger partial charge is 0.325 e. The van der Waals surface area contributed by atoms with E-state index in [1.165, 1.54) is 51.7 Å². The van der Waals surface area contributed by atoms with E-state index in [0.717, 1.165) is 5.92 Å². The molecule has 0 bridgehead atoms. The molecule has 2 rings (SSSR count). The molecule has 0 amide bonds. The Balaban J connectivity index is 1.94. The maximum absolute atomic E-state index is 6.45. The second-order valence-corrected chi connectivity index (χ2v) is 4.82. The van der Waals surface area contributed by atoms with Crippen molar-refractivity contribution in [3.05, 3.63) is 0 Å². The molecule has 2 N–H and O–H groups in total. The molecule has 1 aliphatic heterocycles. The zero-order valence-corrected chi connectivity index (χ0v) is 8.76. The number of hydrogen-bond donors (Lipinski definition) is 1. The quantitative estimate of drug-likeness (QED) is 0.703. The van der Waals surface area contributed by atoms with Gasteiger partial charge in [-0.15, -0.1) is 0 Å². The fourth-order valence-corrected chi connectivity index (χ4v) is 3.03. The molecule has 0 radical (unpaired) electrons. The van der Waals surface area contributed by atoms with Crippen molar-refractivity contribution >= 4 is 0 Å². The van der Waals surface area contributed by atoms with E-state index in [9.17, 15) is 0 Å². The molecular formula is C11H22N2. The van der Waals surface area contributed by atoms with Crippen molar-refractivity contribution in [3.8, 4) is 0 Å². The summed E-state index contributed by atoms with van der Waals surface area (Å²) in [6.45, 7) is 5.99. The van der Waals surface area contributed by atoms with E-state index < -0.39 is 0 Å². The van der Waals surface area contributed by atoms with Crippen LogP contribution in [-0.4, -0.2) is 30.1 Å². The summed E-state index contributed by atoms with van der Waals surface area (Å²) in [4.78, 5) is 2.54. The lowest BCUT2D eigenvalue weighted by atomic mass is 9.83. The molecule has 1 saturated carbocycles. The third-order valence-electron chi connectivity index (χ3n) is 4.07. The van der Waals surface area contributed by atoms with Crippen LogP contribution in [0.4, 0.5) is 0 Å². The highest BCUT2D eigenvalue weighted by atomic mass is 15.1. The first-order valence-corrected chi connectivity index (χ1v) is 5.76. The van der Waals surface area contributed by atoms with Crippen LogP contribution >= 0.6 is 0 Å². The highest BCUT2D eigenvalue weighted by molar-refractivity contribution is 4.98. The van der Waals surface area contributed by atoms with Gasteiger partial charge in [-0.1, -0.05) is 19.8 Å². The van der Waals surface area contributed by atoms with Gasteiger partial charge in [0, 0.05) is 12.1 Å². The summed E-state index contributed by atoms with van der Waals surface area (Å²) in [7, 11) is 0. The third kappa shape index (κ3) is 1.75. The van der Waals surface area contributed by atoms with Crippen molar-refractivity contribution in [2.24, 2.45) is 11.7 Å². The van der Waals surface area contributed by atoms with E-state index in [1.807, 2.05) is 0 Å². The average Bonchev–Trinajstić information content (AvgIpc) is 2.72. The maximum Gasteiger partial charge on any atom is 0.0195 e. The summed E-state index contributed by atoms with van der Waals surface area (Å²) >= 11 is 0. The van der Waals surface area contributed by atoms with Crippen molar-refractivity contribution in [3.63, 3.8) is 0 Å². The fourth-order valence-electron chi connectivity index (χ4n) is 3.03. The van der Waals surface area contributed by atoms with Crippen LogP contribution in [0.5, 0.6) is 0 Å². The SMILES string of the molecule is CCN1CCC(C2(N)CCCC2)C1. The molecule has 1 unspecified atom stereocenters. The highest BCUT2D eigenvalue weighted by Crippen LogP contribution is 2.38. The highest BCUT2D eigenvalue weighted by Gasteiger charge is 2.40. The van der Waals surface area contributed by atoms with Gasteiger partial charge in [-0.3, -0.25) is 0 Å². The van der Waals surface area contributed by atoms with Crippen molar-refractivity contribution in [2.45, 2.75) is 44.6 Å². The lowest BCUT2D eigenvalue weighted by Crippen LogP contribution is -2.45. The van der Waals surface area contributed by atoms with Gasteiger partial charge in [0.1, 0.15) is 0 Å². The Morgan fingerprint density at radius 1 is 1.38 bits per heavy atom. The monoisotopic (exact) mass is 182 g/mol. The lowest BCUT2D eigenvalue weighted by Gasteiger charge is -2.31. The molecule has 0 spiro atoms. The van der Waals surface area contributed by atoms with Gasteiger partial charge in [0.05, 0.1) is 0 Å². The molecule has 2 heteroatoms. The summed E-state index contributed by atoms with van der Waals surface area (Å²) in [6, 6.07) is 0. The minimum atomic E-state index is 0.212. The van der Waals surface area contributed by atoms with E-state index in [4.69, 9.17) is 5.73 Å². The Morgan fingerprint density at radius 2 is 2.08 bits per heavy atom. The van der Waals surface area contributed by atoms with Crippen molar-refractivity contribution in [1.29, 1.82) is 0 Å². The summed E-state index contributed by atoms with van der Waals surface area (Å²) in [5.41, 5.74) is 6.67. The van der Waals surface area contributed by atoms with Crippen LogP contribution in [0.1, 0.15) is 39.0 Å². The topological polar surface area (TPSA) is 29.3 Å². The van der Waals surface area contributed by atoms with Crippen LogP contribution < -0.4 is 5.73 Å². The number of hydrogen-bond acceptors (Lipinski definition) is 2. The molecule has 0 aromatic heterocycles. The smallest absolute Gasteiger partial charge is 0.0195 e. The molecule has 1 heterocycles. The first-order chi connectivity index (χ1) is 6.24. The number of likely N-dealkylation sites (tertiary alicyclic amines) is 1. The van der Waals surface area contributed by atoms with Gasteiger partial charge in [0.25, 0.3) is 0 Å². The zero-order valence-electron chi connectivity index (χ0n) is 8.76. The Morgan fingerprint density at radius 3 is 2.62 bits per heavy atom. The molecule has 76 valence electrons. The van der Waals surface area contributed by atoms with Gasteiger partial charge in [0.15, 0.2) is 0 Å². The van der Waals surface area contributed by atoms with Gasteiger partial charge in [-0.2, -0.15) is 0 Å². The van der Waals surface area contributed by atoms with Crippen LogP contribution in [0.25, 0.3) is 0 Å². The number of nitrogens with zero attached hydrogens (tertiary/aromatic N) is 1. The average molecular weight is 182 g/mol. The normalized spacial score (nSPS) is 34.2. The Bertz CT molecular complexity index is 173. The van der Waals surface area contributed by atoms with Crippen LogP contribution in [-0.2, 0) is 0 Å². The fraction of sp³-hybridized carbons (Fsp3) is 1.00. The molecular weight excluding hydrogens is 160 g/mol. The molecule has 1 aliphatic carbocycles. The van der Waals surface area contributed by atoms with Gasteiger partial charge in [-0.05, 0) is 38.3 Å². The van der Waals surface area contributed by atoms with Crippen molar-refractivity contribution < 1.29 is 0 Å². The first kappa shape index (κ1) is 9.47. The third-order valence-corrected chi connectivity index (χ3v) is 4.07. The molecule has 1 saturated heterocycles. The van der Waals surface area contributed by atoms with E-state index in [2.05, 4.69) is 11.8 Å². The second-order valence-electron chi connectivity index (χ2n) is 4.82. The zero-order chi connectivity index (χ0) is 9.31. The molecule has 0 aromatic carbocycles. The summed E-state index contributed by atoms with van der Waals surface area (Å²) in [5, 5.41) is 0. The van der Waals surface area contributed by atoms with Gasteiger partial charge in [0.2, 0.25) is 0 Å². The summed E-state index contributed by atoms with van der Waals surface area (Å²) < 4.78 is 0. The molecule has 1 atom stereocenters. The Kier molecular flexibility index (Phi) is 2.61. The van der Waals surface area contributed by atoms with Crippen LogP contribution in [0.2, 0.25) is 0 Å². The van der Waals surface area contributed by atoms with Gasteiger partial charge >= 0.3 is 0 Å². The Hall–Kier alpha value is -0.0800. The van der Waals surface area contributed by atoms with Crippen LogP contribution in [0.3, 0.4) is 0 Å². The maximum atomic E-state index is 6.45. The predicted molar refractivity (Wildman–Crippen MR) is 55.6 cm³/mol. The number of nitrogens with two attached hydrogens (primary N) is 1. The summed E-state index contributed by atoms with van der Waals surface area (Å²) in [5.74, 6) is 0.787. The lowest BCUT2D eigenvalue weighted by molar-refractivity contribution is 0.260. The predicted octanol–water partition coefficient (Wildman–Crippen LogP) is 1.60. The molecule has 2 fully saturated rings. The van der Waals surface area contributed by atoms with Gasteiger partial charge < -0.3 is 10.6 Å². The standard InChI is InChI=1S/C11H22N2/c1-2-13-8-5-10(9-13)11(12)6-3-4-7-11/h10H,2-9,12H2,1H3. The first-order valence-electron chi connectivity index (χ1n) is 5.76. The number of rotatable bonds is 2. The minimum absolute atomic E-state index is 0.212. The minimum Gasteiger partial charge on any atom is -0.325 e. The molecule has 13 heavy (non-hydrogen) atoms. The van der Waals surface area contributed by atoms with E-state index in [1.54, 1.807) is 0 Å². The Labute approximate surface area is 81.5 Å². The molecule has 0 aromatic rings. The molecule has 2 nitrogen and oxygen atoms in total. The molecule has 2 aliphatic rings. The van der Waals surface area contributed by atoms with Crippen LogP contribution in [0.15, 0.2) is 0 Å². The second kappa shape index (κ2) is 3.58. The van der Waals surface area contributed by atoms with E-state index >= 15 is 0 Å². The van der Waals surface area contributed by atoms with Crippen LogP contribution in [0, 0.1) is 5.92 Å². The van der Waals surface area contributed by atoms with Gasteiger partial charge in [-0.25, -0.2) is 0 Å². The van der Waals surface area contributed by atoms with E-state index in [0.29, 0.717) is 0 Å². The van der Waals surface area contributed by atoms with Crippen molar-refractivity contribution in [1.82, 2.24) is 4.90 Å². The summed E-state index contributed by atoms with van der Waals surface area (Å²) in [6.07, 6.45) is 6.60.